The summed E-state index contributed by atoms with van der Waals surface area (Å²) < 4.78 is 19.6. The third kappa shape index (κ3) is 3.81. The first-order valence-corrected chi connectivity index (χ1v) is 6.99. The molecule has 0 aliphatic rings. The summed E-state index contributed by atoms with van der Waals surface area (Å²) in [5.41, 5.74) is 2.09. The van der Waals surface area contributed by atoms with Gasteiger partial charge in [-0.2, -0.15) is 0 Å². The largest absolute Gasteiger partial charge is 0.454 e. The maximum absolute atomic E-state index is 14.0. The van der Waals surface area contributed by atoms with E-state index in [0.717, 1.165) is 18.5 Å². The summed E-state index contributed by atoms with van der Waals surface area (Å²) >= 11 is 0. The minimum Gasteiger partial charge on any atom is -0.454 e. The number of rotatable bonds is 6. The Labute approximate surface area is 119 Å². The number of aryl methyl sites for hydroxylation is 1. The van der Waals surface area contributed by atoms with Gasteiger partial charge in [0, 0.05) is 6.54 Å². The smallest absolute Gasteiger partial charge is 0.166 e. The second-order valence-corrected chi connectivity index (χ2v) is 4.65. The zero-order valence-corrected chi connectivity index (χ0v) is 11.9. The second kappa shape index (κ2) is 7.06. The van der Waals surface area contributed by atoms with Gasteiger partial charge in [-0.3, -0.25) is 0 Å². The van der Waals surface area contributed by atoms with Gasteiger partial charge < -0.3 is 10.1 Å². The van der Waals surface area contributed by atoms with E-state index in [4.69, 9.17) is 4.74 Å². The molecule has 0 bridgehead atoms. The van der Waals surface area contributed by atoms with E-state index >= 15 is 0 Å². The van der Waals surface area contributed by atoms with Gasteiger partial charge in [0.15, 0.2) is 11.6 Å². The predicted octanol–water partition coefficient (Wildman–Crippen LogP) is 4.29. The second-order valence-electron chi connectivity index (χ2n) is 4.65. The van der Waals surface area contributed by atoms with Crippen LogP contribution < -0.4 is 10.1 Å². The summed E-state index contributed by atoms with van der Waals surface area (Å²) in [6.45, 7) is 5.63. The predicted molar refractivity (Wildman–Crippen MR) is 79.7 cm³/mol. The van der Waals surface area contributed by atoms with Crippen molar-refractivity contribution < 1.29 is 9.13 Å². The summed E-state index contributed by atoms with van der Waals surface area (Å²) in [4.78, 5) is 0. The number of nitrogens with one attached hydrogen (secondary N) is 1. The molecule has 2 nitrogen and oxygen atoms in total. The van der Waals surface area contributed by atoms with E-state index in [-0.39, 0.29) is 11.6 Å². The maximum Gasteiger partial charge on any atom is 0.166 e. The molecule has 2 aromatic rings. The van der Waals surface area contributed by atoms with E-state index in [2.05, 4.69) is 12.2 Å². The Morgan fingerprint density at radius 1 is 1.05 bits per heavy atom. The number of benzene rings is 2. The molecule has 0 spiro atoms. The Morgan fingerprint density at radius 3 is 2.60 bits per heavy atom. The minimum atomic E-state index is -0.331. The highest BCUT2D eigenvalue weighted by molar-refractivity contribution is 5.36. The topological polar surface area (TPSA) is 21.3 Å². The number of hydrogen-bond acceptors (Lipinski definition) is 2. The third-order valence-electron chi connectivity index (χ3n) is 3.11. The molecule has 0 atom stereocenters. The van der Waals surface area contributed by atoms with Crippen molar-refractivity contribution in [1.29, 1.82) is 0 Å². The maximum atomic E-state index is 14.0. The standard InChI is InChI=1S/C17H20FNO/c1-3-13-6-5-7-15(10-13)20-17-9-8-14(11-16(17)18)12-19-4-2/h5-11,19H,3-4,12H2,1-2H3. The average molecular weight is 273 g/mol. The molecule has 2 rings (SSSR count). The molecule has 0 aromatic heterocycles. The first-order chi connectivity index (χ1) is 9.72. The number of hydrogen-bond donors (Lipinski definition) is 1. The molecule has 0 saturated heterocycles. The minimum absolute atomic E-state index is 0.263. The van der Waals surface area contributed by atoms with Gasteiger partial charge in [0.25, 0.3) is 0 Å². The number of ether oxygens (including phenoxy) is 1. The summed E-state index contributed by atoms with van der Waals surface area (Å²) in [5, 5.41) is 3.17. The van der Waals surface area contributed by atoms with E-state index < -0.39 is 0 Å². The van der Waals surface area contributed by atoms with Gasteiger partial charge in [-0.05, 0) is 48.4 Å². The van der Waals surface area contributed by atoms with Crippen molar-refractivity contribution in [1.82, 2.24) is 5.32 Å². The highest BCUT2D eigenvalue weighted by Gasteiger charge is 2.06. The van der Waals surface area contributed by atoms with Crippen LogP contribution in [0.3, 0.4) is 0 Å². The van der Waals surface area contributed by atoms with Crippen LogP contribution in [0.4, 0.5) is 4.39 Å². The van der Waals surface area contributed by atoms with Crippen LogP contribution in [0.2, 0.25) is 0 Å². The van der Waals surface area contributed by atoms with Crippen LogP contribution in [0, 0.1) is 5.82 Å². The molecule has 0 saturated carbocycles. The Kier molecular flexibility index (Phi) is 5.13. The first kappa shape index (κ1) is 14.5. The first-order valence-electron chi connectivity index (χ1n) is 6.99. The molecule has 0 amide bonds. The van der Waals surface area contributed by atoms with Crippen LogP contribution in [0.15, 0.2) is 42.5 Å². The highest BCUT2D eigenvalue weighted by atomic mass is 19.1. The Balaban J connectivity index is 2.12. The Morgan fingerprint density at radius 2 is 1.90 bits per heavy atom. The molecule has 1 N–H and O–H groups in total. The molecular weight excluding hydrogens is 253 g/mol. The van der Waals surface area contributed by atoms with Crippen molar-refractivity contribution in [3.05, 3.63) is 59.4 Å². The van der Waals surface area contributed by atoms with Crippen molar-refractivity contribution in [2.45, 2.75) is 26.8 Å². The van der Waals surface area contributed by atoms with E-state index in [1.807, 2.05) is 37.3 Å². The zero-order valence-electron chi connectivity index (χ0n) is 11.9. The lowest BCUT2D eigenvalue weighted by Crippen LogP contribution is -2.11. The summed E-state index contributed by atoms with van der Waals surface area (Å²) in [6, 6.07) is 12.8. The van der Waals surface area contributed by atoms with Crippen molar-refractivity contribution >= 4 is 0 Å². The molecule has 2 aromatic carbocycles. The van der Waals surface area contributed by atoms with E-state index in [1.165, 1.54) is 11.6 Å². The molecule has 3 heteroatoms. The fraction of sp³-hybridized carbons (Fsp3) is 0.294. The van der Waals surface area contributed by atoms with Gasteiger partial charge >= 0.3 is 0 Å². The molecule has 0 radical (unpaired) electrons. The summed E-state index contributed by atoms with van der Waals surface area (Å²) in [6.07, 6.45) is 0.932. The van der Waals surface area contributed by atoms with Gasteiger partial charge in [0.05, 0.1) is 0 Å². The average Bonchev–Trinajstić information content (AvgIpc) is 2.48. The lowest BCUT2D eigenvalue weighted by atomic mass is 10.1. The van der Waals surface area contributed by atoms with Crippen molar-refractivity contribution in [2.75, 3.05) is 6.54 Å². The van der Waals surface area contributed by atoms with Crippen LogP contribution in [-0.2, 0) is 13.0 Å². The van der Waals surface area contributed by atoms with Crippen molar-refractivity contribution in [2.24, 2.45) is 0 Å². The third-order valence-corrected chi connectivity index (χ3v) is 3.11. The fourth-order valence-electron chi connectivity index (χ4n) is 1.96. The van der Waals surface area contributed by atoms with Crippen molar-refractivity contribution in [3.8, 4) is 11.5 Å². The molecule has 0 unspecified atom stereocenters. The van der Waals surface area contributed by atoms with Gasteiger partial charge in [-0.15, -0.1) is 0 Å². The fourth-order valence-corrected chi connectivity index (χ4v) is 1.96. The van der Waals surface area contributed by atoms with Crippen LogP contribution in [0.5, 0.6) is 11.5 Å². The lowest BCUT2D eigenvalue weighted by Gasteiger charge is -2.09. The monoisotopic (exact) mass is 273 g/mol. The molecule has 0 aliphatic carbocycles. The summed E-state index contributed by atoms with van der Waals surface area (Å²) in [5.74, 6) is 0.600. The van der Waals surface area contributed by atoms with Gasteiger partial charge in [-0.1, -0.05) is 32.0 Å². The van der Waals surface area contributed by atoms with Gasteiger partial charge in [0.1, 0.15) is 5.75 Å². The Bertz CT molecular complexity index is 569. The van der Waals surface area contributed by atoms with Crippen LogP contribution >= 0.6 is 0 Å². The van der Waals surface area contributed by atoms with Crippen molar-refractivity contribution in [3.63, 3.8) is 0 Å². The molecular formula is C17H20FNO. The molecule has 0 fully saturated rings. The SMILES string of the molecule is CCNCc1ccc(Oc2cccc(CC)c2)c(F)c1. The number of halogens is 1. The van der Waals surface area contributed by atoms with E-state index in [9.17, 15) is 4.39 Å². The van der Waals surface area contributed by atoms with E-state index in [1.54, 1.807) is 6.07 Å². The molecule has 106 valence electrons. The normalized spacial score (nSPS) is 10.6. The van der Waals surface area contributed by atoms with Gasteiger partial charge in [-0.25, -0.2) is 4.39 Å². The summed E-state index contributed by atoms with van der Waals surface area (Å²) in [7, 11) is 0. The van der Waals surface area contributed by atoms with Crippen LogP contribution in [0.25, 0.3) is 0 Å². The molecule has 0 heterocycles. The van der Waals surface area contributed by atoms with Crippen LogP contribution in [-0.4, -0.2) is 6.54 Å². The lowest BCUT2D eigenvalue weighted by molar-refractivity contribution is 0.441. The Hall–Kier alpha value is -1.87. The van der Waals surface area contributed by atoms with E-state index in [0.29, 0.717) is 12.3 Å². The zero-order chi connectivity index (χ0) is 14.4. The van der Waals surface area contributed by atoms with Crippen LogP contribution in [0.1, 0.15) is 25.0 Å². The quantitative estimate of drug-likeness (QED) is 0.847. The molecule has 20 heavy (non-hydrogen) atoms. The molecule has 0 aliphatic heterocycles. The van der Waals surface area contributed by atoms with Gasteiger partial charge in [0.2, 0.25) is 0 Å². The highest BCUT2D eigenvalue weighted by Crippen LogP contribution is 2.26.